The van der Waals surface area contributed by atoms with Gasteiger partial charge in [0.1, 0.15) is 5.75 Å². The van der Waals surface area contributed by atoms with Crippen molar-refractivity contribution in [2.45, 2.75) is 13.5 Å². The van der Waals surface area contributed by atoms with E-state index in [0.29, 0.717) is 6.61 Å². The fourth-order valence-corrected chi connectivity index (χ4v) is 2.10. The summed E-state index contributed by atoms with van der Waals surface area (Å²) in [5.74, 6) is 3.13. The highest BCUT2D eigenvalue weighted by molar-refractivity contribution is 7.99. The molecule has 17 heavy (non-hydrogen) atoms. The average Bonchev–Trinajstić information content (AvgIpc) is 2.36. The lowest BCUT2D eigenvalue weighted by Gasteiger charge is -2.10. The number of nitrogens with one attached hydrogen (secondary N) is 1. The van der Waals surface area contributed by atoms with Crippen LogP contribution in [0.25, 0.3) is 0 Å². The van der Waals surface area contributed by atoms with E-state index in [2.05, 4.69) is 18.0 Å². The van der Waals surface area contributed by atoms with Crippen LogP contribution in [0.1, 0.15) is 12.5 Å². The van der Waals surface area contributed by atoms with Crippen LogP contribution in [-0.4, -0.2) is 24.7 Å². The molecule has 0 spiro atoms. The van der Waals surface area contributed by atoms with Gasteiger partial charge in [0.2, 0.25) is 0 Å². The van der Waals surface area contributed by atoms with Gasteiger partial charge in [-0.25, -0.2) is 0 Å². The average molecular weight is 251 g/mol. The van der Waals surface area contributed by atoms with Gasteiger partial charge < -0.3 is 10.1 Å². The lowest BCUT2D eigenvalue weighted by atomic mass is 10.2. The van der Waals surface area contributed by atoms with E-state index < -0.39 is 0 Å². The van der Waals surface area contributed by atoms with E-state index in [-0.39, 0.29) is 0 Å². The summed E-state index contributed by atoms with van der Waals surface area (Å²) < 4.78 is 5.57. The number of hydrogen-bond donors (Lipinski definition) is 1. The molecule has 3 heteroatoms. The smallest absolute Gasteiger partial charge is 0.123 e. The van der Waals surface area contributed by atoms with E-state index in [9.17, 15) is 0 Å². The topological polar surface area (TPSA) is 21.3 Å². The molecule has 1 aromatic carbocycles. The number of ether oxygens (including phenoxy) is 1. The van der Waals surface area contributed by atoms with Crippen molar-refractivity contribution in [1.82, 2.24) is 5.32 Å². The molecule has 0 fully saturated rings. The van der Waals surface area contributed by atoms with E-state index >= 15 is 0 Å². The predicted molar refractivity (Wildman–Crippen MR) is 76.8 cm³/mol. The molecule has 94 valence electrons. The third kappa shape index (κ3) is 5.80. The lowest BCUT2D eigenvalue weighted by molar-refractivity contribution is 0.335. The second kappa shape index (κ2) is 9.14. The Morgan fingerprint density at radius 1 is 1.41 bits per heavy atom. The monoisotopic (exact) mass is 251 g/mol. The summed E-state index contributed by atoms with van der Waals surface area (Å²) in [5.41, 5.74) is 1.23. The summed E-state index contributed by atoms with van der Waals surface area (Å²) >= 11 is 1.89. The number of benzene rings is 1. The van der Waals surface area contributed by atoms with Gasteiger partial charge in [-0.3, -0.25) is 0 Å². The zero-order valence-electron chi connectivity index (χ0n) is 10.4. The molecule has 0 radical (unpaired) electrons. The van der Waals surface area contributed by atoms with Crippen LogP contribution < -0.4 is 10.1 Å². The van der Waals surface area contributed by atoms with E-state index in [1.807, 2.05) is 43.0 Å². The first kappa shape index (κ1) is 14.1. The maximum Gasteiger partial charge on any atom is 0.123 e. The first-order chi connectivity index (χ1) is 8.38. The zero-order chi connectivity index (χ0) is 12.3. The van der Waals surface area contributed by atoms with Crippen LogP contribution >= 0.6 is 11.8 Å². The first-order valence-corrected chi connectivity index (χ1v) is 7.14. The minimum Gasteiger partial charge on any atom is -0.494 e. The van der Waals surface area contributed by atoms with Crippen LogP contribution in [-0.2, 0) is 6.54 Å². The highest BCUT2D eigenvalue weighted by atomic mass is 32.2. The van der Waals surface area contributed by atoms with Crippen LogP contribution in [0, 0.1) is 0 Å². The SMILES string of the molecule is C=CCSCCNCc1ccccc1OCC. The summed E-state index contributed by atoms with van der Waals surface area (Å²) in [6.07, 6.45) is 1.94. The molecule has 0 aliphatic heterocycles. The minimum absolute atomic E-state index is 0.714. The van der Waals surface area contributed by atoms with Crippen molar-refractivity contribution in [3.05, 3.63) is 42.5 Å². The highest BCUT2D eigenvalue weighted by Gasteiger charge is 2.00. The Morgan fingerprint density at radius 3 is 3.00 bits per heavy atom. The first-order valence-electron chi connectivity index (χ1n) is 5.98. The molecule has 0 aromatic heterocycles. The van der Waals surface area contributed by atoms with Crippen molar-refractivity contribution in [2.75, 3.05) is 24.7 Å². The highest BCUT2D eigenvalue weighted by Crippen LogP contribution is 2.17. The standard InChI is InChI=1S/C14H21NOS/c1-3-10-17-11-9-15-12-13-7-5-6-8-14(13)16-4-2/h3,5-8,15H,1,4,9-12H2,2H3. The fraction of sp³-hybridized carbons (Fsp3) is 0.429. The van der Waals surface area contributed by atoms with Crippen molar-refractivity contribution < 1.29 is 4.74 Å². The maximum absolute atomic E-state index is 5.57. The lowest BCUT2D eigenvalue weighted by Crippen LogP contribution is -2.17. The number of para-hydroxylation sites is 1. The third-order valence-electron chi connectivity index (χ3n) is 2.25. The molecule has 2 nitrogen and oxygen atoms in total. The molecule has 0 aliphatic carbocycles. The summed E-state index contributed by atoms with van der Waals surface area (Å²) in [4.78, 5) is 0. The second-order valence-electron chi connectivity index (χ2n) is 3.58. The summed E-state index contributed by atoms with van der Waals surface area (Å²) in [7, 11) is 0. The van der Waals surface area contributed by atoms with Crippen LogP contribution in [0.4, 0.5) is 0 Å². The Bertz CT molecular complexity index is 328. The number of thioether (sulfide) groups is 1. The van der Waals surface area contributed by atoms with Crippen molar-refractivity contribution >= 4 is 11.8 Å². The Kier molecular flexibility index (Phi) is 7.60. The van der Waals surface area contributed by atoms with Gasteiger partial charge in [-0.1, -0.05) is 24.3 Å². The van der Waals surface area contributed by atoms with Gasteiger partial charge in [0.05, 0.1) is 6.61 Å². The van der Waals surface area contributed by atoms with Crippen molar-refractivity contribution in [1.29, 1.82) is 0 Å². The Labute approximate surface area is 108 Å². The van der Waals surface area contributed by atoms with Gasteiger partial charge in [-0.05, 0) is 13.0 Å². The molecule has 0 unspecified atom stereocenters. The molecule has 1 aromatic rings. The minimum atomic E-state index is 0.714. The van der Waals surface area contributed by atoms with Crippen LogP contribution in [0.2, 0.25) is 0 Å². The number of hydrogen-bond acceptors (Lipinski definition) is 3. The summed E-state index contributed by atoms with van der Waals surface area (Å²) in [5, 5.41) is 3.42. The fourth-order valence-electron chi connectivity index (χ4n) is 1.48. The molecule has 0 aliphatic rings. The van der Waals surface area contributed by atoms with Crippen molar-refractivity contribution in [3.8, 4) is 5.75 Å². The van der Waals surface area contributed by atoms with Gasteiger partial charge in [-0.15, -0.1) is 6.58 Å². The molecule has 0 heterocycles. The number of rotatable bonds is 9. The van der Waals surface area contributed by atoms with Crippen molar-refractivity contribution in [3.63, 3.8) is 0 Å². The largest absolute Gasteiger partial charge is 0.494 e. The maximum atomic E-state index is 5.57. The van der Waals surface area contributed by atoms with E-state index in [4.69, 9.17) is 4.74 Å². The van der Waals surface area contributed by atoms with Crippen molar-refractivity contribution in [2.24, 2.45) is 0 Å². The van der Waals surface area contributed by atoms with Crippen LogP contribution in [0.3, 0.4) is 0 Å². The normalized spacial score (nSPS) is 10.2. The molecule has 1 N–H and O–H groups in total. The molecule has 1 rings (SSSR count). The molecule has 0 saturated carbocycles. The summed E-state index contributed by atoms with van der Waals surface area (Å²) in [6.45, 7) is 8.30. The van der Waals surface area contributed by atoms with E-state index in [0.717, 1.165) is 30.3 Å². The molecular formula is C14H21NOS. The van der Waals surface area contributed by atoms with Gasteiger partial charge in [0.25, 0.3) is 0 Å². The molecule has 0 amide bonds. The molecular weight excluding hydrogens is 230 g/mol. The van der Waals surface area contributed by atoms with Gasteiger partial charge in [0, 0.05) is 30.2 Å². The molecule has 0 bridgehead atoms. The van der Waals surface area contributed by atoms with E-state index in [1.165, 1.54) is 5.56 Å². The Morgan fingerprint density at radius 2 is 2.24 bits per heavy atom. The molecule has 0 saturated heterocycles. The zero-order valence-corrected chi connectivity index (χ0v) is 11.3. The third-order valence-corrected chi connectivity index (χ3v) is 3.21. The Balaban J connectivity index is 2.28. The van der Waals surface area contributed by atoms with Crippen LogP contribution in [0.15, 0.2) is 36.9 Å². The van der Waals surface area contributed by atoms with Gasteiger partial charge >= 0.3 is 0 Å². The summed E-state index contributed by atoms with van der Waals surface area (Å²) in [6, 6.07) is 8.18. The van der Waals surface area contributed by atoms with Gasteiger partial charge in [-0.2, -0.15) is 11.8 Å². The quantitative estimate of drug-likeness (QED) is 0.538. The Hall–Kier alpha value is -0.930. The van der Waals surface area contributed by atoms with Gasteiger partial charge in [0.15, 0.2) is 0 Å². The van der Waals surface area contributed by atoms with Crippen LogP contribution in [0.5, 0.6) is 5.75 Å². The second-order valence-corrected chi connectivity index (χ2v) is 4.73. The molecule has 0 atom stereocenters. The van der Waals surface area contributed by atoms with E-state index in [1.54, 1.807) is 0 Å². The predicted octanol–water partition coefficient (Wildman–Crippen LogP) is 3.09.